The van der Waals surface area contributed by atoms with E-state index in [0.29, 0.717) is 5.92 Å². The second-order valence-corrected chi connectivity index (χ2v) is 5.81. The smallest absolute Gasteiger partial charge is 0.0948 e. The summed E-state index contributed by atoms with van der Waals surface area (Å²) in [4.78, 5) is 6.83. The molecule has 0 spiro atoms. The third-order valence-electron chi connectivity index (χ3n) is 4.30. The molecule has 0 saturated heterocycles. The van der Waals surface area contributed by atoms with Crippen molar-refractivity contribution in [2.24, 2.45) is 0 Å². The van der Waals surface area contributed by atoms with Gasteiger partial charge in [-0.05, 0) is 30.9 Å². The fraction of sp³-hybridized carbons (Fsp3) is 0.471. The Morgan fingerprint density at radius 3 is 2.90 bits per heavy atom. The monoisotopic (exact) mass is 269 g/mol. The van der Waals surface area contributed by atoms with Crippen LogP contribution in [0, 0.1) is 0 Å². The van der Waals surface area contributed by atoms with Gasteiger partial charge in [-0.1, -0.05) is 37.3 Å². The second kappa shape index (κ2) is 6.23. The van der Waals surface area contributed by atoms with Crippen LogP contribution < -0.4 is 0 Å². The molecular formula is C17H23N3. The lowest BCUT2D eigenvalue weighted by atomic mass is 9.98. The van der Waals surface area contributed by atoms with Crippen LogP contribution >= 0.6 is 0 Å². The van der Waals surface area contributed by atoms with Crippen molar-refractivity contribution in [1.29, 1.82) is 0 Å². The number of hydrogen-bond donors (Lipinski definition) is 0. The van der Waals surface area contributed by atoms with Gasteiger partial charge in [0.15, 0.2) is 0 Å². The first-order valence-electron chi connectivity index (χ1n) is 7.59. The number of aryl methyl sites for hydroxylation is 1. The van der Waals surface area contributed by atoms with E-state index in [1.165, 1.54) is 37.2 Å². The first-order chi connectivity index (χ1) is 9.83. The van der Waals surface area contributed by atoms with Crippen molar-refractivity contribution in [2.75, 3.05) is 13.1 Å². The minimum atomic E-state index is 0.629. The van der Waals surface area contributed by atoms with Crippen LogP contribution in [0.2, 0.25) is 0 Å². The minimum absolute atomic E-state index is 0.629. The van der Waals surface area contributed by atoms with E-state index in [4.69, 9.17) is 0 Å². The molecule has 3 heteroatoms. The van der Waals surface area contributed by atoms with Crippen LogP contribution in [0.15, 0.2) is 42.9 Å². The van der Waals surface area contributed by atoms with Gasteiger partial charge in [0.05, 0.1) is 12.0 Å². The van der Waals surface area contributed by atoms with Crippen LogP contribution in [0.25, 0.3) is 0 Å². The summed E-state index contributed by atoms with van der Waals surface area (Å²) in [7, 11) is 0. The Morgan fingerprint density at radius 2 is 2.05 bits per heavy atom. The summed E-state index contributed by atoms with van der Waals surface area (Å²) in [5.41, 5.74) is 2.81. The normalized spacial score (nSPS) is 17.4. The second-order valence-electron chi connectivity index (χ2n) is 5.81. The highest BCUT2D eigenvalue weighted by atomic mass is 15.2. The van der Waals surface area contributed by atoms with E-state index in [1.54, 1.807) is 0 Å². The van der Waals surface area contributed by atoms with Crippen molar-refractivity contribution in [3.8, 4) is 0 Å². The average Bonchev–Trinajstić information content (AvgIpc) is 2.83. The predicted molar refractivity (Wildman–Crippen MR) is 81.6 cm³/mol. The minimum Gasteiger partial charge on any atom is -0.333 e. The predicted octanol–water partition coefficient (Wildman–Crippen LogP) is 3.28. The van der Waals surface area contributed by atoms with E-state index in [2.05, 4.69) is 51.7 Å². The van der Waals surface area contributed by atoms with Gasteiger partial charge in [0.2, 0.25) is 0 Å². The Bertz CT molecular complexity index is 532. The summed E-state index contributed by atoms with van der Waals surface area (Å²) in [5.74, 6) is 0.629. The number of aromatic nitrogens is 2. The summed E-state index contributed by atoms with van der Waals surface area (Å²) in [5, 5.41) is 0. The maximum Gasteiger partial charge on any atom is 0.0948 e. The van der Waals surface area contributed by atoms with Crippen LogP contribution in [0.4, 0.5) is 0 Å². The van der Waals surface area contributed by atoms with Gasteiger partial charge >= 0.3 is 0 Å². The highest BCUT2D eigenvalue weighted by Crippen LogP contribution is 2.20. The van der Waals surface area contributed by atoms with E-state index in [-0.39, 0.29) is 0 Å². The number of hydrogen-bond acceptors (Lipinski definition) is 2. The number of benzene rings is 1. The third-order valence-corrected chi connectivity index (χ3v) is 4.30. The number of fused-ring (bicyclic) bond motifs is 1. The van der Waals surface area contributed by atoms with Gasteiger partial charge in [-0.3, -0.25) is 4.90 Å². The molecule has 0 aliphatic carbocycles. The van der Waals surface area contributed by atoms with E-state index < -0.39 is 0 Å². The molecule has 0 bridgehead atoms. The van der Waals surface area contributed by atoms with Gasteiger partial charge in [-0.15, -0.1) is 0 Å². The highest BCUT2D eigenvalue weighted by molar-refractivity contribution is 5.18. The van der Waals surface area contributed by atoms with Crippen LogP contribution in [0.5, 0.6) is 0 Å². The summed E-state index contributed by atoms with van der Waals surface area (Å²) in [6, 6.07) is 10.8. The summed E-state index contributed by atoms with van der Waals surface area (Å²) >= 11 is 0. The van der Waals surface area contributed by atoms with Crippen LogP contribution in [0.3, 0.4) is 0 Å². The zero-order chi connectivity index (χ0) is 13.8. The van der Waals surface area contributed by atoms with Gasteiger partial charge in [0.25, 0.3) is 0 Å². The van der Waals surface area contributed by atoms with Crippen molar-refractivity contribution < 1.29 is 0 Å². The molecule has 0 unspecified atom stereocenters. The molecule has 0 radical (unpaired) electrons. The topological polar surface area (TPSA) is 21.1 Å². The molecule has 106 valence electrons. The lowest BCUT2D eigenvalue weighted by molar-refractivity contribution is 0.260. The standard InChI is InChI=1S/C17H23N3/c1-15(16-6-3-2-4-7-16)8-11-19-9-5-10-20-14-18-12-17(20)13-19/h2-4,6-7,12,14-15H,5,8-11,13H2,1H3/t15-/m1/s1. The molecule has 0 amide bonds. The van der Waals surface area contributed by atoms with E-state index in [0.717, 1.165) is 13.1 Å². The SMILES string of the molecule is C[C@H](CCN1CCCn2cncc2C1)c1ccccc1. The van der Waals surface area contributed by atoms with Crippen LogP contribution in [0.1, 0.15) is 36.9 Å². The zero-order valence-electron chi connectivity index (χ0n) is 12.2. The van der Waals surface area contributed by atoms with Crippen molar-refractivity contribution in [3.05, 3.63) is 54.1 Å². The number of rotatable bonds is 4. The van der Waals surface area contributed by atoms with E-state index in [1.807, 2.05) is 12.5 Å². The molecule has 1 atom stereocenters. The lowest BCUT2D eigenvalue weighted by Gasteiger charge is -2.21. The molecule has 1 aromatic heterocycles. The fourth-order valence-electron chi connectivity index (χ4n) is 2.97. The lowest BCUT2D eigenvalue weighted by Crippen LogP contribution is -2.25. The molecule has 20 heavy (non-hydrogen) atoms. The first kappa shape index (κ1) is 13.4. The third kappa shape index (κ3) is 3.10. The molecule has 2 heterocycles. The Morgan fingerprint density at radius 1 is 1.20 bits per heavy atom. The van der Waals surface area contributed by atoms with E-state index >= 15 is 0 Å². The quantitative estimate of drug-likeness (QED) is 0.849. The largest absolute Gasteiger partial charge is 0.333 e. The zero-order valence-corrected chi connectivity index (χ0v) is 12.2. The van der Waals surface area contributed by atoms with Crippen LogP contribution in [-0.4, -0.2) is 27.5 Å². The van der Waals surface area contributed by atoms with Gasteiger partial charge in [0, 0.05) is 25.8 Å². The molecule has 3 nitrogen and oxygen atoms in total. The van der Waals surface area contributed by atoms with Crippen LogP contribution in [-0.2, 0) is 13.1 Å². The molecular weight excluding hydrogens is 246 g/mol. The molecule has 1 aliphatic heterocycles. The van der Waals surface area contributed by atoms with Crippen molar-refractivity contribution in [1.82, 2.24) is 14.5 Å². The Kier molecular flexibility index (Phi) is 4.16. The van der Waals surface area contributed by atoms with Crippen molar-refractivity contribution >= 4 is 0 Å². The Balaban J connectivity index is 1.56. The maximum absolute atomic E-state index is 4.26. The van der Waals surface area contributed by atoms with Crippen molar-refractivity contribution in [3.63, 3.8) is 0 Å². The van der Waals surface area contributed by atoms with Crippen molar-refractivity contribution in [2.45, 2.75) is 38.8 Å². The summed E-state index contributed by atoms with van der Waals surface area (Å²) in [6.07, 6.45) is 6.42. The summed E-state index contributed by atoms with van der Waals surface area (Å²) < 4.78 is 2.29. The molecule has 3 rings (SSSR count). The molecule has 0 fully saturated rings. The molecule has 0 N–H and O–H groups in total. The molecule has 1 aromatic carbocycles. The average molecular weight is 269 g/mol. The molecule has 2 aromatic rings. The highest BCUT2D eigenvalue weighted by Gasteiger charge is 2.15. The Hall–Kier alpha value is -1.61. The summed E-state index contributed by atoms with van der Waals surface area (Å²) in [6.45, 7) is 6.85. The van der Waals surface area contributed by atoms with E-state index in [9.17, 15) is 0 Å². The van der Waals surface area contributed by atoms with Gasteiger partial charge in [0.1, 0.15) is 0 Å². The Labute approximate surface area is 121 Å². The first-order valence-corrected chi connectivity index (χ1v) is 7.59. The van der Waals surface area contributed by atoms with Gasteiger partial charge in [-0.2, -0.15) is 0 Å². The molecule has 0 saturated carbocycles. The van der Waals surface area contributed by atoms with Gasteiger partial charge < -0.3 is 4.57 Å². The molecule has 1 aliphatic rings. The maximum atomic E-state index is 4.26. The number of nitrogens with zero attached hydrogens (tertiary/aromatic N) is 3. The van der Waals surface area contributed by atoms with Gasteiger partial charge in [-0.25, -0.2) is 4.98 Å². The number of imidazole rings is 1. The fourth-order valence-corrected chi connectivity index (χ4v) is 2.97.